The van der Waals surface area contributed by atoms with Crippen LogP contribution in [0.1, 0.15) is 114 Å². The van der Waals surface area contributed by atoms with E-state index in [0.29, 0.717) is 16.6 Å². The van der Waals surface area contributed by atoms with Crippen LogP contribution in [0.4, 0.5) is 0 Å². The molecule has 0 amide bonds. The summed E-state index contributed by atoms with van der Waals surface area (Å²) in [6.07, 6.45) is 13.3. The van der Waals surface area contributed by atoms with Gasteiger partial charge in [0.05, 0.1) is 0 Å². The van der Waals surface area contributed by atoms with E-state index in [1.165, 1.54) is 62.0 Å². The summed E-state index contributed by atoms with van der Waals surface area (Å²) in [4.78, 5) is 0. The molecule has 0 spiro atoms. The van der Waals surface area contributed by atoms with E-state index < -0.39 is 26.7 Å². The van der Waals surface area contributed by atoms with E-state index in [0.717, 1.165) is 13.0 Å². The van der Waals surface area contributed by atoms with E-state index in [9.17, 15) is 0 Å². The average molecular weight is 560 g/mol. The molecule has 0 aliphatic carbocycles. The van der Waals surface area contributed by atoms with Gasteiger partial charge in [-0.05, 0) is 0 Å². The van der Waals surface area contributed by atoms with Crippen LogP contribution in [-0.2, 0) is 9.16 Å². The van der Waals surface area contributed by atoms with Crippen molar-refractivity contribution in [1.82, 2.24) is 0 Å². The van der Waals surface area contributed by atoms with Gasteiger partial charge in [0.2, 0.25) is 0 Å². The van der Waals surface area contributed by atoms with Crippen molar-refractivity contribution in [3.8, 4) is 0 Å². The maximum atomic E-state index is 6.97. The van der Waals surface area contributed by atoms with Gasteiger partial charge in [0.15, 0.2) is 0 Å². The number of unbranched alkanes of at least 4 members (excludes halogenated alkanes) is 3. The minimum absolute atomic E-state index is 0.282. The fourth-order valence-corrected chi connectivity index (χ4v) is 27.6. The third kappa shape index (κ3) is 8.05. The van der Waals surface area contributed by atoms with Crippen molar-refractivity contribution in [2.45, 2.75) is 150 Å². The molecule has 1 aliphatic rings. The van der Waals surface area contributed by atoms with Crippen LogP contribution in [0.5, 0.6) is 0 Å². The van der Waals surface area contributed by atoms with Gasteiger partial charge in [0.25, 0.3) is 0 Å². The second-order valence-corrected chi connectivity index (χ2v) is 29.6. The average Bonchev–Trinajstić information content (AvgIpc) is 2.73. The van der Waals surface area contributed by atoms with Crippen LogP contribution >= 0.6 is 0 Å². The zero-order chi connectivity index (χ0) is 23.5. The first-order valence-corrected chi connectivity index (χ1v) is 23.3. The summed E-state index contributed by atoms with van der Waals surface area (Å²) in [5.74, 6) is 0. The molecule has 0 saturated heterocycles. The zero-order valence-corrected chi connectivity index (χ0v) is 26.5. The first-order valence-electron chi connectivity index (χ1n) is 13.7. The summed E-state index contributed by atoms with van der Waals surface area (Å²) in [6.45, 7) is 22.2. The molecule has 0 fully saturated rings. The predicted molar refractivity (Wildman–Crippen MR) is 144 cm³/mol. The maximum absolute atomic E-state index is 6.97. The monoisotopic (exact) mass is 560 g/mol. The van der Waals surface area contributed by atoms with Crippen molar-refractivity contribution in [3.05, 3.63) is 9.85 Å². The number of hydrogen-bond acceptors (Lipinski definition) is 2. The molecule has 2 nitrogen and oxygen atoms in total. The SMILES string of the molecule is CCC[CH2][Sn]([CH2]CCC)([CH2]CCC)[C]1=CCCC(CO[Si](C(C)C)(C(C)C)C(C)C)O1. The van der Waals surface area contributed by atoms with Crippen molar-refractivity contribution in [2.75, 3.05) is 6.61 Å². The summed E-state index contributed by atoms with van der Waals surface area (Å²) in [7, 11) is -1.82. The van der Waals surface area contributed by atoms with Crippen molar-refractivity contribution in [2.24, 2.45) is 0 Å². The van der Waals surface area contributed by atoms with Gasteiger partial charge in [-0.3, -0.25) is 0 Å². The minimum atomic E-state index is -2.47. The van der Waals surface area contributed by atoms with E-state index in [2.05, 4.69) is 68.4 Å². The third-order valence-corrected chi connectivity index (χ3v) is 29.1. The second kappa shape index (κ2) is 14.7. The first kappa shape index (κ1) is 29.5. The Morgan fingerprint density at radius 3 is 1.71 bits per heavy atom. The quantitative estimate of drug-likeness (QED) is 0.175. The molecule has 31 heavy (non-hydrogen) atoms. The van der Waals surface area contributed by atoms with Gasteiger partial charge in [0, 0.05) is 0 Å². The van der Waals surface area contributed by atoms with Crippen LogP contribution in [0.15, 0.2) is 9.85 Å². The Morgan fingerprint density at radius 1 is 0.871 bits per heavy atom. The van der Waals surface area contributed by atoms with Crippen molar-refractivity contribution in [1.29, 1.82) is 0 Å². The van der Waals surface area contributed by atoms with Crippen LogP contribution in [0, 0.1) is 0 Å². The van der Waals surface area contributed by atoms with E-state index in [1.807, 2.05) is 0 Å². The van der Waals surface area contributed by atoms with Gasteiger partial charge in [0.1, 0.15) is 0 Å². The number of ether oxygens (including phenoxy) is 1. The Kier molecular flexibility index (Phi) is 14.0. The molecule has 1 heterocycles. The molecule has 0 aromatic carbocycles. The van der Waals surface area contributed by atoms with Crippen molar-refractivity contribution in [3.63, 3.8) is 0 Å². The molecule has 0 N–H and O–H groups in total. The van der Waals surface area contributed by atoms with Crippen LogP contribution < -0.4 is 0 Å². The molecule has 0 saturated carbocycles. The normalized spacial score (nSPS) is 18.1. The first-order chi connectivity index (χ1) is 14.7. The van der Waals surface area contributed by atoms with E-state index in [-0.39, 0.29) is 6.10 Å². The summed E-state index contributed by atoms with van der Waals surface area (Å²) < 4.78 is 19.9. The Labute approximate surface area is 201 Å². The molecule has 184 valence electrons. The number of hydrogen-bond donors (Lipinski definition) is 0. The van der Waals surface area contributed by atoms with Crippen molar-refractivity contribution >= 4 is 26.7 Å². The van der Waals surface area contributed by atoms with Crippen LogP contribution in [-0.4, -0.2) is 39.4 Å². The summed E-state index contributed by atoms with van der Waals surface area (Å²) >= 11 is -2.47. The molecular weight excluding hydrogens is 503 g/mol. The van der Waals surface area contributed by atoms with Gasteiger partial charge in [-0.15, -0.1) is 0 Å². The van der Waals surface area contributed by atoms with Gasteiger partial charge < -0.3 is 0 Å². The van der Waals surface area contributed by atoms with Gasteiger partial charge >= 0.3 is 202 Å². The Balaban J connectivity index is 3.02. The molecule has 0 bridgehead atoms. The molecule has 0 radical (unpaired) electrons. The molecule has 1 aliphatic heterocycles. The molecule has 0 aromatic heterocycles. The molecule has 1 rings (SSSR count). The van der Waals surface area contributed by atoms with Crippen molar-refractivity contribution < 1.29 is 9.16 Å². The van der Waals surface area contributed by atoms with Gasteiger partial charge in [-0.2, -0.15) is 0 Å². The van der Waals surface area contributed by atoms with E-state index in [1.54, 1.807) is 0 Å². The van der Waals surface area contributed by atoms with Crippen LogP contribution in [0.2, 0.25) is 29.9 Å². The van der Waals surface area contributed by atoms with Gasteiger partial charge in [-0.25, -0.2) is 0 Å². The summed E-state index contributed by atoms with van der Waals surface area (Å²) in [6, 6.07) is 0. The fraction of sp³-hybridized carbons (Fsp3) is 0.926. The number of allylic oxidation sites excluding steroid dienone is 1. The Bertz CT molecular complexity index is 472. The van der Waals surface area contributed by atoms with E-state index >= 15 is 0 Å². The Morgan fingerprint density at radius 2 is 1.32 bits per heavy atom. The fourth-order valence-electron chi connectivity index (χ4n) is 6.17. The van der Waals surface area contributed by atoms with Gasteiger partial charge in [-0.1, -0.05) is 0 Å². The summed E-state index contributed by atoms with van der Waals surface area (Å²) in [5.41, 5.74) is 1.93. The van der Waals surface area contributed by atoms with Crippen LogP contribution in [0.25, 0.3) is 0 Å². The molecule has 1 unspecified atom stereocenters. The Hall–Kier alpha value is 0.516. The number of rotatable bonds is 16. The molecule has 4 heteroatoms. The standard InChI is InChI=1S/C15H29O2Si.3C4H9.Sn/c1-12(2)18(13(3)4,14(5)6)17-11-15-9-7-8-10-16-15;3*1-3-4-2;/h8,12-15H,7,9,11H2,1-6H3;3*1,3-4H2,2H3;. The van der Waals surface area contributed by atoms with Crippen LogP contribution in [0.3, 0.4) is 0 Å². The summed E-state index contributed by atoms with van der Waals surface area (Å²) in [5, 5.41) is 0. The topological polar surface area (TPSA) is 18.5 Å². The third-order valence-electron chi connectivity index (χ3n) is 7.89. The predicted octanol–water partition coefficient (Wildman–Crippen LogP) is 9.63. The molecule has 1 atom stereocenters. The van der Waals surface area contributed by atoms with E-state index in [4.69, 9.17) is 9.16 Å². The molecular formula is C27H56O2SiSn. The second-order valence-electron chi connectivity index (χ2n) is 11.1. The zero-order valence-electron chi connectivity index (χ0n) is 22.7. The molecule has 0 aromatic rings.